The third-order valence-corrected chi connectivity index (χ3v) is 3.65. The van der Waals surface area contributed by atoms with Gasteiger partial charge < -0.3 is 5.32 Å². The zero-order valence-electron chi connectivity index (χ0n) is 11.8. The lowest BCUT2D eigenvalue weighted by atomic mass is 10.2. The number of carbonyl (C=O) groups excluding carboxylic acids is 1. The number of nitrogens with zero attached hydrogens (tertiary/aromatic N) is 2. The summed E-state index contributed by atoms with van der Waals surface area (Å²) in [5.74, 6) is -0.178. The summed E-state index contributed by atoms with van der Waals surface area (Å²) in [5, 5.41) is 2.76. The molecule has 3 rings (SSSR count). The highest BCUT2D eigenvalue weighted by Gasteiger charge is 2.08. The molecule has 4 nitrogen and oxygen atoms in total. The highest BCUT2D eigenvalue weighted by atomic mass is 79.9. The van der Waals surface area contributed by atoms with Gasteiger partial charge in [-0.05, 0) is 48.5 Å². The lowest BCUT2D eigenvalue weighted by molar-refractivity contribution is 0.102. The van der Waals surface area contributed by atoms with Crippen molar-refractivity contribution in [1.82, 2.24) is 9.97 Å². The van der Waals surface area contributed by atoms with Gasteiger partial charge in [-0.15, -0.1) is 0 Å². The van der Waals surface area contributed by atoms with Crippen molar-refractivity contribution in [3.63, 3.8) is 0 Å². The molecule has 0 spiro atoms. The highest BCUT2D eigenvalue weighted by molar-refractivity contribution is 9.10. The quantitative estimate of drug-likeness (QED) is 0.746. The van der Waals surface area contributed by atoms with Crippen molar-refractivity contribution in [2.24, 2.45) is 0 Å². The molecule has 0 fully saturated rings. The van der Waals surface area contributed by atoms with E-state index in [1.165, 1.54) is 24.5 Å². The molecule has 0 saturated heterocycles. The monoisotopic (exact) mass is 371 g/mol. The van der Waals surface area contributed by atoms with Crippen LogP contribution in [0.15, 0.2) is 65.4 Å². The number of rotatable bonds is 3. The van der Waals surface area contributed by atoms with Crippen molar-refractivity contribution < 1.29 is 9.18 Å². The minimum atomic E-state index is -0.320. The maximum atomic E-state index is 12.9. The molecule has 0 aliphatic carbocycles. The van der Waals surface area contributed by atoms with Crippen molar-refractivity contribution in [1.29, 1.82) is 0 Å². The number of hydrogen-bond acceptors (Lipinski definition) is 3. The molecular formula is C17H11BrFN3O. The molecular weight excluding hydrogens is 361 g/mol. The van der Waals surface area contributed by atoms with Gasteiger partial charge in [-0.2, -0.15) is 0 Å². The van der Waals surface area contributed by atoms with Crippen molar-refractivity contribution in [3.05, 3.63) is 76.8 Å². The summed E-state index contributed by atoms with van der Waals surface area (Å²) in [4.78, 5) is 20.4. The van der Waals surface area contributed by atoms with Crippen LogP contribution in [-0.2, 0) is 0 Å². The minimum Gasteiger partial charge on any atom is -0.322 e. The Kier molecular flexibility index (Phi) is 4.43. The zero-order valence-corrected chi connectivity index (χ0v) is 13.4. The zero-order chi connectivity index (χ0) is 16.2. The van der Waals surface area contributed by atoms with Crippen LogP contribution in [0, 0.1) is 5.82 Å². The molecule has 0 aliphatic heterocycles. The third-order valence-electron chi connectivity index (χ3n) is 3.12. The fourth-order valence-electron chi connectivity index (χ4n) is 1.93. The van der Waals surface area contributed by atoms with Gasteiger partial charge in [0.25, 0.3) is 5.91 Å². The second-order valence-corrected chi connectivity index (χ2v) is 5.68. The summed E-state index contributed by atoms with van der Waals surface area (Å²) in [7, 11) is 0. The molecule has 1 amide bonds. The van der Waals surface area contributed by atoms with Crippen LogP contribution < -0.4 is 5.32 Å². The minimum absolute atomic E-state index is 0.294. The Morgan fingerprint density at radius 3 is 2.17 bits per heavy atom. The van der Waals surface area contributed by atoms with E-state index in [9.17, 15) is 9.18 Å². The summed E-state index contributed by atoms with van der Waals surface area (Å²) < 4.78 is 13.8. The lowest BCUT2D eigenvalue weighted by Crippen LogP contribution is -2.12. The van der Waals surface area contributed by atoms with Gasteiger partial charge in [-0.3, -0.25) is 4.79 Å². The predicted octanol–water partition coefficient (Wildman–Crippen LogP) is 4.30. The predicted molar refractivity (Wildman–Crippen MR) is 89.5 cm³/mol. The molecule has 6 heteroatoms. The fourth-order valence-corrected chi connectivity index (χ4v) is 2.19. The molecule has 0 radical (unpaired) electrons. The van der Waals surface area contributed by atoms with Gasteiger partial charge in [0.05, 0.1) is 5.56 Å². The summed E-state index contributed by atoms with van der Waals surface area (Å²) >= 11 is 3.33. The second-order valence-electron chi connectivity index (χ2n) is 4.76. The van der Waals surface area contributed by atoms with Crippen molar-refractivity contribution in [3.8, 4) is 11.4 Å². The van der Waals surface area contributed by atoms with Gasteiger partial charge in [0.2, 0.25) is 0 Å². The van der Waals surface area contributed by atoms with E-state index < -0.39 is 0 Å². The average Bonchev–Trinajstić information content (AvgIpc) is 2.58. The number of anilines is 1. The molecule has 0 bridgehead atoms. The molecule has 0 unspecified atom stereocenters. The van der Waals surface area contributed by atoms with Gasteiger partial charge in [-0.1, -0.05) is 15.9 Å². The van der Waals surface area contributed by atoms with Crippen LogP contribution >= 0.6 is 15.9 Å². The fraction of sp³-hybridized carbons (Fsp3) is 0. The summed E-state index contributed by atoms with van der Waals surface area (Å²) in [6, 6.07) is 13.1. The van der Waals surface area contributed by atoms with Gasteiger partial charge in [0, 0.05) is 28.1 Å². The first kappa shape index (κ1) is 15.3. The number of hydrogen-bond donors (Lipinski definition) is 1. The number of benzene rings is 2. The SMILES string of the molecule is O=C(Nc1ccc(Br)cc1)c1cnc(-c2ccc(F)cc2)nc1. The van der Waals surface area contributed by atoms with E-state index in [0.29, 0.717) is 22.6 Å². The van der Waals surface area contributed by atoms with E-state index in [1.807, 2.05) is 12.1 Å². The summed E-state index contributed by atoms with van der Waals surface area (Å²) in [5.41, 5.74) is 1.71. The maximum Gasteiger partial charge on any atom is 0.258 e. The Morgan fingerprint density at radius 1 is 0.957 bits per heavy atom. The largest absolute Gasteiger partial charge is 0.322 e. The first-order valence-electron chi connectivity index (χ1n) is 6.77. The van der Waals surface area contributed by atoms with E-state index in [1.54, 1.807) is 24.3 Å². The molecule has 1 N–H and O–H groups in total. The molecule has 23 heavy (non-hydrogen) atoms. The first-order valence-corrected chi connectivity index (χ1v) is 7.56. The van der Waals surface area contributed by atoms with Crippen molar-refractivity contribution in [2.45, 2.75) is 0 Å². The van der Waals surface area contributed by atoms with Gasteiger partial charge in [0.1, 0.15) is 5.82 Å². The van der Waals surface area contributed by atoms with Crippen LogP contribution in [0.4, 0.5) is 10.1 Å². The Balaban J connectivity index is 1.74. The van der Waals surface area contributed by atoms with Crippen LogP contribution in [0.5, 0.6) is 0 Å². The molecule has 0 saturated carbocycles. The topological polar surface area (TPSA) is 54.9 Å². The van der Waals surface area contributed by atoms with Gasteiger partial charge in [-0.25, -0.2) is 14.4 Å². The van der Waals surface area contributed by atoms with Gasteiger partial charge >= 0.3 is 0 Å². The molecule has 0 atom stereocenters. The van der Waals surface area contributed by atoms with E-state index in [-0.39, 0.29) is 11.7 Å². The number of amides is 1. The van der Waals surface area contributed by atoms with E-state index in [4.69, 9.17) is 0 Å². The first-order chi connectivity index (χ1) is 11.1. The lowest BCUT2D eigenvalue weighted by Gasteiger charge is -2.05. The van der Waals surface area contributed by atoms with E-state index in [0.717, 1.165) is 4.47 Å². The van der Waals surface area contributed by atoms with Crippen LogP contribution in [-0.4, -0.2) is 15.9 Å². The number of aromatic nitrogens is 2. The van der Waals surface area contributed by atoms with Crippen LogP contribution in [0.2, 0.25) is 0 Å². The smallest absolute Gasteiger partial charge is 0.258 e. The number of carbonyl (C=O) groups is 1. The molecule has 1 heterocycles. The highest BCUT2D eigenvalue weighted by Crippen LogP contribution is 2.17. The molecule has 0 aliphatic rings. The Labute approximate surface area is 140 Å². The summed E-state index contributed by atoms with van der Waals surface area (Å²) in [6.45, 7) is 0. The van der Waals surface area contributed by atoms with Crippen LogP contribution in [0.3, 0.4) is 0 Å². The van der Waals surface area contributed by atoms with Gasteiger partial charge in [0.15, 0.2) is 5.82 Å². The van der Waals surface area contributed by atoms with E-state index in [2.05, 4.69) is 31.2 Å². The molecule has 114 valence electrons. The van der Waals surface area contributed by atoms with Crippen LogP contribution in [0.25, 0.3) is 11.4 Å². The molecule has 2 aromatic carbocycles. The van der Waals surface area contributed by atoms with Crippen LogP contribution in [0.1, 0.15) is 10.4 Å². The number of halogens is 2. The molecule has 1 aromatic heterocycles. The Hall–Kier alpha value is -2.60. The Morgan fingerprint density at radius 2 is 1.57 bits per heavy atom. The third kappa shape index (κ3) is 3.78. The number of nitrogens with one attached hydrogen (secondary N) is 1. The normalized spacial score (nSPS) is 10.3. The van der Waals surface area contributed by atoms with Crippen molar-refractivity contribution in [2.75, 3.05) is 5.32 Å². The standard InChI is InChI=1S/C17H11BrFN3O/c18-13-3-7-15(8-4-13)22-17(23)12-9-20-16(21-10-12)11-1-5-14(19)6-2-11/h1-10H,(H,22,23). The van der Waals surface area contributed by atoms with E-state index >= 15 is 0 Å². The van der Waals surface area contributed by atoms with Crippen molar-refractivity contribution >= 4 is 27.5 Å². The Bertz CT molecular complexity index is 818. The molecule has 3 aromatic rings. The second kappa shape index (κ2) is 6.66. The summed E-state index contributed by atoms with van der Waals surface area (Å²) in [6.07, 6.45) is 2.89. The average molecular weight is 372 g/mol. The maximum absolute atomic E-state index is 12.9.